The number of hydrogen-bond acceptors (Lipinski definition) is 2. The molecule has 0 saturated carbocycles. The number of benzene rings is 2. The van der Waals surface area contributed by atoms with Gasteiger partial charge in [-0.25, -0.2) is 4.99 Å². The Morgan fingerprint density at radius 2 is 1.52 bits per heavy atom. The summed E-state index contributed by atoms with van der Waals surface area (Å²) < 4.78 is 0. The Kier molecular flexibility index (Phi) is 11.2. The van der Waals surface area contributed by atoms with Crippen LogP contribution in [-0.2, 0) is 17.9 Å². The molecule has 1 amide bonds. The summed E-state index contributed by atoms with van der Waals surface area (Å²) in [5.74, 6) is 0.710. The van der Waals surface area contributed by atoms with Crippen molar-refractivity contribution in [1.29, 1.82) is 0 Å². The first-order chi connectivity index (χ1) is 12.7. The van der Waals surface area contributed by atoms with E-state index in [1.54, 1.807) is 0 Å². The van der Waals surface area contributed by atoms with E-state index in [0.29, 0.717) is 25.6 Å². The summed E-state index contributed by atoms with van der Waals surface area (Å²) in [7, 11) is 0. The van der Waals surface area contributed by atoms with Crippen molar-refractivity contribution in [2.24, 2.45) is 4.99 Å². The molecule has 6 heteroatoms. The van der Waals surface area contributed by atoms with Gasteiger partial charge in [0, 0.05) is 19.6 Å². The zero-order chi connectivity index (χ0) is 18.6. The molecule has 2 aromatic carbocycles. The zero-order valence-corrected chi connectivity index (χ0v) is 18.4. The van der Waals surface area contributed by atoms with Crippen molar-refractivity contribution in [1.82, 2.24) is 15.5 Å². The smallest absolute Gasteiger partial charge is 0.242 e. The van der Waals surface area contributed by atoms with E-state index >= 15 is 0 Å². The molecule has 2 rings (SSSR count). The van der Waals surface area contributed by atoms with Gasteiger partial charge in [-0.2, -0.15) is 0 Å². The minimum absolute atomic E-state index is 0. The highest BCUT2D eigenvalue weighted by molar-refractivity contribution is 14.0. The Labute approximate surface area is 179 Å². The Morgan fingerprint density at radius 1 is 0.926 bits per heavy atom. The van der Waals surface area contributed by atoms with Gasteiger partial charge in [0.05, 0.1) is 13.1 Å². The van der Waals surface area contributed by atoms with Crippen LogP contribution in [0.5, 0.6) is 0 Å². The molecular weight excluding hydrogens is 451 g/mol. The maximum Gasteiger partial charge on any atom is 0.242 e. The van der Waals surface area contributed by atoms with E-state index in [2.05, 4.69) is 15.6 Å². The molecule has 0 atom stereocenters. The van der Waals surface area contributed by atoms with Crippen molar-refractivity contribution >= 4 is 35.8 Å². The molecule has 0 aliphatic heterocycles. The third-order valence-electron chi connectivity index (χ3n) is 3.96. The molecule has 146 valence electrons. The Morgan fingerprint density at radius 3 is 2.07 bits per heavy atom. The van der Waals surface area contributed by atoms with Crippen LogP contribution >= 0.6 is 24.0 Å². The van der Waals surface area contributed by atoms with Crippen molar-refractivity contribution in [2.75, 3.05) is 19.6 Å². The molecule has 0 radical (unpaired) electrons. The molecule has 0 aliphatic carbocycles. The molecule has 0 heterocycles. The van der Waals surface area contributed by atoms with Gasteiger partial charge in [-0.1, -0.05) is 60.7 Å². The summed E-state index contributed by atoms with van der Waals surface area (Å²) in [6.45, 7) is 6.84. The van der Waals surface area contributed by atoms with Gasteiger partial charge in [0.1, 0.15) is 0 Å². The molecule has 5 nitrogen and oxygen atoms in total. The average Bonchev–Trinajstić information content (AvgIpc) is 2.69. The number of aliphatic imine (C=N–C) groups is 1. The quantitative estimate of drug-likeness (QED) is 0.346. The lowest BCUT2D eigenvalue weighted by Crippen LogP contribution is -2.44. The normalized spacial score (nSPS) is 10.7. The van der Waals surface area contributed by atoms with Crippen molar-refractivity contribution in [3.8, 4) is 0 Å². The average molecular weight is 480 g/mol. The first kappa shape index (κ1) is 23.0. The van der Waals surface area contributed by atoms with E-state index in [9.17, 15) is 4.79 Å². The number of rotatable bonds is 8. The van der Waals surface area contributed by atoms with Crippen LogP contribution in [0.4, 0.5) is 0 Å². The fraction of sp³-hybridized carbons (Fsp3) is 0.333. The van der Waals surface area contributed by atoms with E-state index in [0.717, 1.165) is 17.7 Å². The number of amides is 1. The van der Waals surface area contributed by atoms with Gasteiger partial charge < -0.3 is 15.5 Å². The molecule has 0 bridgehead atoms. The summed E-state index contributed by atoms with van der Waals surface area (Å²) in [6.07, 6.45) is 0. The third-order valence-corrected chi connectivity index (χ3v) is 3.96. The second kappa shape index (κ2) is 13.1. The van der Waals surface area contributed by atoms with Crippen LogP contribution in [0.25, 0.3) is 0 Å². The van der Waals surface area contributed by atoms with E-state index in [1.165, 1.54) is 0 Å². The molecule has 0 aromatic heterocycles. The molecule has 0 spiro atoms. The SMILES string of the molecule is CCNC(=NCc1ccccc1)NCC(=O)N(CC)Cc1ccccc1.I. The van der Waals surface area contributed by atoms with Crippen LogP contribution in [0.3, 0.4) is 0 Å². The minimum Gasteiger partial charge on any atom is -0.357 e. The number of nitrogens with zero attached hydrogens (tertiary/aromatic N) is 2. The lowest BCUT2D eigenvalue weighted by Gasteiger charge is -2.22. The van der Waals surface area contributed by atoms with Crippen molar-refractivity contribution in [3.63, 3.8) is 0 Å². The minimum atomic E-state index is 0. The molecule has 2 N–H and O–H groups in total. The second-order valence-corrected chi connectivity index (χ2v) is 5.93. The Balaban J connectivity index is 0.00000364. The zero-order valence-electron chi connectivity index (χ0n) is 16.0. The molecule has 2 aromatic rings. The number of guanidine groups is 1. The molecule has 27 heavy (non-hydrogen) atoms. The van der Waals surface area contributed by atoms with Gasteiger partial charge in [-0.15, -0.1) is 24.0 Å². The highest BCUT2D eigenvalue weighted by Crippen LogP contribution is 2.04. The molecule has 0 unspecified atom stereocenters. The molecule has 0 aliphatic rings. The van der Waals surface area contributed by atoms with Crippen LogP contribution < -0.4 is 10.6 Å². The number of carbonyl (C=O) groups is 1. The van der Waals surface area contributed by atoms with Crippen LogP contribution in [0, 0.1) is 0 Å². The van der Waals surface area contributed by atoms with Crippen LogP contribution in [0.1, 0.15) is 25.0 Å². The highest BCUT2D eigenvalue weighted by Gasteiger charge is 2.12. The van der Waals surface area contributed by atoms with Crippen molar-refractivity contribution in [2.45, 2.75) is 26.9 Å². The van der Waals surface area contributed by atoms with Crippen LogP contribution in [-0.4, -0.2) is 36.4 Å². The number of hydrogen-bond donors (Lipinski definition) is 2. The predicted octanol–water partition coefficient (Wildman–Crippen LogP) is 3.41. The van der Waals surface area contributed by atoms with Crippen LogP contribution in [0.2, 0.25) is 0 Å². The Bertz CT molecular complexity index is 692. The fourth-order valence-corrected chi connectivity index (χ4v) is 2.55. The van der Waals surface area contributed by atoms with Crippen molar-refractivity contribution < 1.29 is 4.79 Å². The lowest BCUT2D eigenvalue weighted by atomic mass is 10.2. The maximum atomic E-state index is 12.5. The van der Waals surface area contributed by atoms with Crippen molar-refractivity contribution in [3.05, 3.63) is 71.8 Å². The summed E-state index contributed by atoms with van der Waals surface area (Å²) >= 11 is 0. The standard InChI is InChI=1S/C21H28N4O.HI/c1-3-22-21(23-15-18-11-7-5-8-12-18)24-16-20(26)25(4-2)17-19-13-9-6-10-14-19;/h5-14H,3-4,15-17H2,1-2H3,(H2,22,23,24);1H. The van der Waals surface area contributed by atoms with Gasteiger partial charge in [0.25, 0.3) is 0 Å². The lowest BCUT2D eigenvalue weighted by molar-refractivity contribution is -0.130. The number of carbonyl (C=O) groups excluding carboxylic acids is 1. The van der Waals surface area contributed by atoms with E-state index in [-0.39, 0.29) is 36.4 Å². The van der Waals surface area contributed by atoms with Gasteiger partial charge in [-0.05, 0) is 25.0 Å². The van der Waals surface area contributed by atoms with E-state index in [1.807, 2.05) is 79.4 Å². The largest absolute Gasteiger partial charge is 0.357 e. The summed E-state index contributed by atoms with van der Waals surface area (Å²) in [5.41, 5.74) is 2.27. The topological polar surface area (TPSA) is 56.7 Å². The number of halogens is 1. The fourth-order valence-electron chi connectivity index (χ4n) is 2.55. The second-order valence-electron chi connectivity index (χ2n) is 5.93. The summed E-state index contributed by atoms with van der Waals surface area (Å²) in [6, 6.07) is 20.1. The van der Waals surface area contributed by atoms with Gasteiger partial charge >= 0.3 is 0 Å². The summed E-state index contributed by atoms with van der Waals surface area (Å²) in [4.78, 5) is 18.9. The summed E-state index contributed by atoms with van der Waals surface area (Å²) in [5, 5.41) is 6.32. The Hall–Kier alpha value is -2.09. The van der Waals surface area contributed by atoms with E-state index in [4.69, 9.17) is 0 Å². The first-order valence-electron chi connectivity index (χ1n) is 9.10. The number of nitrogens with one attached hydrogen (secondary N) is 2. The van der Waals surface area contributed by atoms with Gasteiger partial charge in [-0.3, -0.25) is 4.79 Å². The van der Waals surface area contributed by atoms with Gasteiger partial charge in [0.15, 0.2) is 5.96 Å². The van der Waals surface area contributed by atoms with Crippen LogP contribution in [0.15, 0.2) is 65.7 Å². The molecular formula is C21H29IN4O. The highest BCUT2D eigenvalue weighted by atomic mass is 127. The number of likely N-dealkylation sites (N-methyl/N-ethyl adjacent to an activating group) is 1. The monoisotopic (exact) mass is 480 g/mol. The first-order valence-corrected chi connectivity index (χ1v) is 9.10. The van der Waals surface area contributed by atoms with Gasteiger partial charge in [0.2, 0.25) is 5.91 Å². The molecule has 0 saturated heterocycles. The third kappa shape index (κ3) is 8.43. The molecule has 0 fully saturated rings. The predicted molar refractivity (Wildman–Crippen MR) is 122 cm³/mol. The van der Waals surface area contributed by atoms with E-state index < -0.39 is 0 Å². The maximum absolute atomic E-state index is 12.5.